The van der Waals surface area contributed by atoms with E-state index in [2.05, 4.69) is 27.3 Å². The van der Waals surface area contributed by atoms with E-state index in [4.69, 9.17) is 0 Å². The smallest absolute Gasteiger partial charge is 0.0897 e. The van der Waals surface area contributed by atoms with Crippen LogP contribution in [-0.2, 0) is 6.54 Å². The third-order valence-corrected chi connectivity index (χ3v) is 3.71. The van der Waals surface area contributed by atoms with Crippen molar-refractivity contribution in [2.75, 3.05) is 13.1 Å². The van der Waals surface area contributed by atoms with Crippen molar-refractivity contribution in [3.05, 3.63) is 34.5 Å². The highest BCUT2D eigenvalue weighted by Crippen LogP contribution is 2.22. The van der Waals surface area contributed by atoms with Crippen LogP contribution in [0.5, 0.6) is 0 Å². The Hall–Kier alpha value is -1.20. The molecule has 0 unspecified atom stereocenters. The minimum Gasteiger partial charge on any atom is -0.293 e. The van der Waals surface area contributed by atoms with E-state index in [1.807, 2.05) is 23.1 Å². The molecule has 0 amide bonds. The molecule has 5 heteroatoms. The molecule has 1 fully saturated rings. The van der Waals surface area contributed by atoms with Crippen molar-refractivity contribution in [3.63, 3.8) is 0 Å². The molecule has 2 aromatic rings. The maximum Gasteiger partial charge on any atom is 0.0897 e. The lowest BCUT2D eigenvalue weighted by Crippen LogP contribution is -2.47. The standard InChI is InChI=1S/C11H14N4S/c1-9-13-10(8-16-9)5-14-6-11(7-14)15-4-2-3-12-15/h2-4,8,11H,5-7H2,1H3. The van der Waals surface area contributed by atoms with Gasteiger partial charge in [-0.25, -0.2) is 4.98 Å². The van der Waals surface area contributed by atoms with Gasteiger partial charge in [-0.05, 0) is 13.0 Å². The van der Waals surface area contributed by atoms with Gasteiger partial charge >= 0.3 is 0 Å². The zero-order valence-corrected chi connectivity index (χ0v) is 10.0. The second kappa shape index (κ2) is 3.99. The lowest BCUT2D eigenvalue weighted by Gasteiger charge is -2.38. The number of aromatic nitrogens is 3. The van der Waals surface area contributed by atoms with Gasteiger partial charge in [-0.15, -0.1) is 11.3 Å². The maximum atomic E-state index is 4.47. The van der Waals surface area contributed by atoms with Gasteiger partial charge in [0.2, 0.25) is 0 Å². The summed E-state index contributed by atoms with van der Waals surface area (Å²) in [6.07, 6.45) is 3.88. The molecule has 0 spiro atoms. The number of hydrogen-bond donors (Lipinski definition) is 0. The van der Waals surface area contributed by atoms with E-state index in [-0.39, 0.29) is 0 Å². The summed E-state index contributed by atoms with van der Waals surface area (Å²) in [6, 6.07) is 2.53. The summed E-state index contributed by atoms with van der Waals surface area (Å²) in [7, 11) is 0. The van der Waals surface area contributed by atoms with Gasteiger partial charge in [0.1, 0.15) is 0 Å². The second-order valence-corrected chi connectivity index (χ2v) is 5.25. The summed E-state index contributed by atoms with van der Waals surface area (Å²) in [6.45, 7) is 5.19. The van der Waals surface area contributed by atoms with Crippen LogP contribution in [0.1, 0.15) is 16.7 Å². The number of nitrogens with zero attached hydrogens (tertiary/aromatic N) is 4. The number of thiazole rings is 1. The molecule has 0 N–H and O–H groups in total. The van der Waals surface area contributed by atoms with Crippen LogP contribution < -0.4 is 0 Å². The molecule has 0 aromatic carbocycles. The second-order valence-electron chi connectivity index (χ2n) is 4.19. The third kappa shape index (κ3) is 1.88. The zero-order chi connectivity index (χ0) is 11.0. The van der Waals surface area contributed by atoms with Crippen molar-refractivity contribution in [2.24, 2.45) is 0 Å². The van der Waals surface area contributed by atoms with Crippen molar-refractivity contribution < 1.29 is 0 Å². The Morgan fingerprint density at radius 2 is 2.38 bits per heavy atom. The fourth-order valence-electron chi connectivity index (χ4n) is 2.05. The Bertz CT molecular complexity index is 456. The Labute approximate surface area is 98.5 Å². The zero-order valence-electron chi connectivity index (χ0n) is 9.21. The summed E-state index contributed by atoms with van der Waals surface area (Å²) in [5.74, 6) is 0. The molecule has 84 valence electrons. The first-order valence-corrected chi connectivity index (χ1v) is 6.32. The molecule has 0 radical (unpaired) electrons. The van der Waals surface area contributed by atoms with Crippen LogP contribution in [0.25, 0.3) is 0 Å². The maximum absolute atomic E-state index is 4.47. The highest BCUT2D eigenvalue weighted by atomic mass is 32.1. The lowest BCUT2D eigenvalue weighted by molar-refractivity contribution is 0.0897. The summed E-state index contributed by atoms with van der Waals surface area (Å²) < 4.78 is 2.04. The van der Waals surface area contributed by atoms with Crippen LogP contribution in [0.4, 0.5) is 0 Å². The van der Waals surface area contributed by atoms with E-state index in [9.17, 15) is 0 Å². The Morgan fingerprint density at radius 1 is 1.50 bits per heavy atom. The van der Waals surface area contributed by atoms with Crippen LogP contribution in [0, 0.1) is 6.92 Å². The first kappa shape index (κ1) is 9.99. The molecule has 1 aliphatic rings. The average molecular weight is 234 g/mol. The van der Waals surface area contributed by atoms with Crippen molar-refractivity contribution >= 4 is 11.3 Å². The summed E-state index contributed by atoms with van der Waals surface area (Å²) >= 11 is 1.72. The van der Waals surface area contributed by atoms with E-state index in [0.717, 1.165) is 24.6 Å². The van der Waals surface area contributed by atoms with E-state index in [1.54, 1.807) is 11.3 Å². The molecule has 2 aromatic heterocycles. The van der Waals surface area contributed by atoms with Gasteiger partial charge in [-0.1, -0.05) is 0 Å². The van der Waals surface area contributed by atoms with Crippen LogP contribution in [0.3, 0.4) is 0 Å². The quantitative estimate of drug-likeness (QED) is 0.810. The van der Waals surface area contributed by atoms with Crippen molar-refractivity contribution in [1.82, 2.24) is 19.7 Å². The van der Waals surface area contributed by atoms with E-state index in [0.29, 0.717) is 6.04 Å². The predicted molar refractivity (Wildman–Crippen MR) is 63.4 cm³/mol. The topological polar surface area (TPSA) is 34.0 Å². The molecular weight excluding hydrogens is 220 g/mol. The van der Waals surface area contributed by atoms with Crippen LogP contribution in [-0.4, -0.2) is 32.8 Å². The molecule has 0 bridgehead atoms. The van der Waals surface area contributed by atoms with Gasteiger partial charge < -0.3 is 0 Å². The van der Waals surface area contributed by atoms with Crippen molar-refractivity contribution in [3.8, 4) is 0 Å². The van der Waals surface area contributed by atoms with Gasteiger partial charge in [0.05, 0.1) is 16.7 Å². The van der Waals surface area contributed by atoms with Crippen LogP contribution in [0.15, 0.2) is 23.8 Å². The highest BCUT2D eigenvalue weighted by molar-refractivity contribution is 7.09. The molecule has 0 saturated carbocycles. The Balaban J connectivity index is 1.54. The number of aryl methyl sites for hydroxylation is 1. The molecule has 3 rings (SSSR count). The van der Waals surface area contributed by atoms with Gasteiger partial charge in [0.25, 0.3) is 0 Å². The summed E-state index contributed by atoms with van der Waals surface area (Å²) in [5.41, 5.74) is 1.20. The molecule has 1 aliphatic heterocycles. The first-order valence-electron chi connectivity index (χ1n) is 5.44. The van der Waals surface area contributed by atoms with E-state index in [1.165, 1.54) is 5.69 Å². The average Bonchev–Trinajstić information content (AvgIpc) is 2.82. The third-order valence-electron chi connectivity index (χ3n) is 2.89. The van der Waals surface area contributed by atoms with E-state index < -0.39 is 0 Å². The number of likely N-dealkylation sites (tertiary alicyclic amines) is 1. The molecule has 0 aliphatic carbocycles. The molecular formula is C11H14N4S. The minimum absolute atomic E-state index is 0.551. The predicted octanol–water partition coefficient (Wildman–Crippen LogP) is 1.70. The lowest BCUT2D eigenvalue weighted by atomic mass is 10.1. The molecule has 3 heterocycles. The van der Waals surface area contributed by atoms with Crippen molar-refractivity contribution in [1.29, 1.82) is 0 Å². The monoisotopic (exact) mass is 234 g/mol. The summed E-state index contributed by atoms with van der Waals surface area (Å²) in [4.78, 5) is 6.88. The number of hydrogen-bond acceptors (Lipinski definition) is 4. The number of rotatable bonds is 3. The van der Waals surface area contributed by atoms with Gasteiger partial charge in [0, 0.05) is 37.4 Å². The van der Waals surface area contributed by atoms with E-state index >= 15 is 0 Å². The largest absolute Gasteiger partial charge is 0.293 e. The van der Waals surface area contributed by atoms with Crippen LogP contribution >= 0.6 is 11.3 Å². The Morgan fingerprint density at radius 3 is 3.00 bits per heavy atom. The van der Waals surface area contributed by atoms with Gasteiger partial charge in [-0.2, -0.15) is 5.10 Å². The fourth-order valence-corrected chi connectivity index (χ4v) is 2.65. The van der Waals surface area contributed by atoms with Gasteiger partial charge in [0.15, 0.2) is 0 Å². The molecule has 1 saturated heterocycles. The molecule has 4 nitrogen and oxygen atoms in total. The molecule has 16 heavy (non-hydrogen) atoms. The normalized spacial score (nSPS) is 17.6. The Kier molecular flexibility index (Phi) is 2.49. The molecule has 0 atom stereocenters. The van der Waals surface area contributed by atoms with Crippen LogP contribution in [0.2, 0.25) is 0 Å². The van der Waals surface area contributed by atoms with Gasteiger partial charge in [-0.3, -0.25) is 9.58 Å². The highest BCUT2D eigenvalue weighted by Gasteiger charge is 2.28. The first-order chi connectivity index (χ1) is 7.81. The summed E-state index contributed by atoms with van der Waals surface area (Å²) in [5, 5.41) is 7.56. The van der Waals surface area contributed by atoms with Crippen molar-refractivity contribution in [2.45, 2.75) is 19.5 Å². The SMILES string of the molecule is Cc1nc(CN2CC(n3cccn3)C2)cs1. The fraction of sp³-hybridized carbons (Fsp3) is 0.455. The minimum atomic E-state index is 0.551.